The van der Waals surface area contributed by atoms with Crippen LogP contribution in [0.1, 0.15) is 16.1 Å². The molecule has 2 heterocycles. The SMILES string of the molecule is CN(Cc1ccco1)c1cc2c(cc1F)C(=O)C(=O)N2. The molecule has 0 aliphatic carbocycles. The summed E-state index contributed by atoms with van der Waals surface area (Å²) in [6, 6.07) is 6.08. The zero-order valence-electron chi connectivity index (χ0n) is 10.6. The van der Waals surface area contributed by atoms with Crippen molar-refractivity contribution in [3.63, 3.8) is 0 Å². The molecule has 1 aromatic heterocycles. The highest BCUT2D eigenvalue weighted by Crippen LogP contribution is 2.31. The summed E-state index contributed by atoms with van der Waals surface area (Å²) >= 11 is 0. The smallest absolute Gasteiger partial charge is 0.296 e. The zero-order valence-corrected chi connectivity index (χ0v) is 10.6. The average Bonchev–Trinajstić information content (AvgIpc) is 3.00. The maximum Gasteiger partial charge on any atom is 0.296 e. The molecule has 0 saturated carbocycles. The summed E-state index contributed by atoms with van der Waals surface area (Å²) < 4.78 is 19.3. The van der Waals surface area contributed by atoms with Crippen LogP contribution in [0.2, 0.25) is 0 Å². The van der Waals surface area contributed by atoms with E-state index in [0.717, 1.165) is 6.07 Å². The van der Waals surface area contributed by atoms with E-state index in [4.69, 9.17) is 4.42 Å². The van der Waals surface area contributed by atoms with Crippen LogP contribution in [0, 0.1) is 5.82 Å². The van der Waals surface area contributed by atoms with E-state index in [9.17, 15) is 14.0 Å². The lowest BCUT2D eigenvalue weighted by Crippen LogP contribution is -2.17. The summed E-state index contributed by atoms with van der Waals surface area (Å²) in [5, 5.41) is 2.42. The van der Waals surface area contributed by atoms with Gasteiger partial charge in [0.2, 0.25) is 0 Å². The van der Waals surface area contributed by atoms with E-state index < -0.39 is 17.5 Å². The molecule has 1 aliphatic heterocycles. The van der Waals surface area contributed by atoms with Crippen LogP contribution in [-0.4, -0.2) is 18.7 Å². The van der Waals surface area contributed by atoms with Crippen molar-refractivity contribution in [3.05, 3.63) is 47.7 Å². The molecular formula is C14H11FN2O3. The van der Waals surface area contributed by atoms with Crippen molar-refractivity contribution < 1.29 is 18.4 Å². The molecule has 1 N–H and O–H groups in total. The fourth-order valence-electron chi connectivity index (χ4n) is 2.17. The standard InChI is InChI=1S/C14H11FN2O3/c1-17(7-8-3-2-4-20-8)12-6-11-9(5-10(12)15)13(18)14(19)16-11/h2-6H,7H2,1H3,(H,16,18,19). The number of halogens is 1. The van der Waals surface area contributed by atoms with Crippen LogP contribution < -0.4 is 10.2 Å². The van der Waals surface area contributed by atoms with Crippen molar-refractivity contribution >= 4 is 23.1 Å². The number of carbonyl (C=O) groups is 2. The first-order valence-electron chi connectivity index (χ1n) is 5.99. The van der Waals surface area contributed by atoms with Crippen LogP contribution in [0.5, 0.6) is 0 Å². The van der Waals surface area contributed by atoms with Crippen LogP contribution in [0.4, 0.5) is 15.8 Å². The van der Waals surface area contributed by atoms with E-state index in [0.29, 0.717) is 18.0 Å². The number of Topliss-reactive ketones (excluding diaryl/α,β-unsaturated/α-hetero) is 1. The second kappa shape index (κ2) is 4.48. The number of carbonyl (C=O) groups excluding carboxylic acids is 2. The molecule has 0 spiro atoms. The Morgan fingerprint density at radius 2 is 2.15 bits per heavy atom. The molecule has 0 radical (unpaired) electrons. The van der Waals surface area contributed by atoms with Gasteiger partial charge in [-0.2, -0.15) is 0 Å². The maximum absolute atomic E-state index is 14.1. The Hall–Kier alpha value is -2.63. The summed E-state index contributed by atoms with van der Waals surface area (Å²) in [4.78, 5) is 24.4. The number of furan rings is 1. The largest absolute Gasteiger partial charge is 0.467 e. The van der Waals surface area contributed by atoms with Crippen LogP contribution in [0.3, 0.4) is 0 Å². The van der Waals surface area contributed by atoms with Crippen molar-refractivity contribution in [2.24, 2.45) is 0 Å². The monoisotopic (exact) mass is 274 g/mol. The van der Waals surface area contributed by atoms with E-state index in [2.05, 4.69) is 5.32 Å². The van der Waals surface area contributed by atoms with E-state index in [1.807, 2.05) is 0 Å². The van der Waals surface area contributed by atoms with E-state index in [1.165, 1.54) is 6.07 Å². The molecule has 102 valence electrons. The normalized spacial score (nSPS) is 13.3. The average molecular weight is 274 g/mol. The fraction of sp³-hybridized carbons (Fsp3) is 0.143. The van der Waals surface area contributed by atoms with Gasteiger partial charge in [-0.1, -0.05) is 0 Å². The number of nitrogens with zero attached hydrogens (tertiary/aromatic N) is 1. The topological polar surface area (TPSA) is 62.6 Å². The predicted molar refractivity (Wildman–Crippen MR) is 70.2 cm³/mol. The Kier molecular flexibility index (Phi) is 2.78. The first kappa shape index (κ1) is 12.4. The van der Waals surface area contributed by atoms with Crippen molar-refractivity contribution in [1.82, 2.24) is 0 Å². The van der Waals surface area contributed by atoms with Crippen molar-refractivity contribution in [1.29, 1.82) is 0 Å². The number of amides is 1. The van der Waals surface area contributed by atoms with E-state index in [1.54, 1.807) is 30.3 Å². The number of benzene rings is 1. The molecule has 20 heavy (non-hydrogen) atoms. The van der Waals surface area contributed by atoms with Gasteiger partial charge in [-0.3, -0.25) is 9.59 Å². The van der Waals surface area contributed by atoms with Gasteiger partial charge in [-0.05, 0) is 24.3 Å². The lowest BCUT2D eigenvalue weighted by Gasteiger charge is -2.19. The van der Waals surface area contributed by atoms with Gasteiger partial charge in [0.05, 0.1) is 29.7 Å². The first-order valence-corrected chi connectivity index (χ1v) is 5.99. The van der Waals surface area contributed by atoms with Crippen LogP contribution in [-0.2, 0) is 11.3 Å². The molecule has 0 atom stereocenters. The van der Waals surface area contributed by atoms with Crippen molar-refractivity contribution in [3.8, 4) is 0 Å². The highest BCUT2D eigenvalue weighted by Gasteiger charge is 2.30. The Morgan fingerprint density at radius 1 is 1.35 bits per heavy atom. The second-order valence-electron chi connectivity index (χ2n) is 4.57. The number of ketones is 1. The van der Waals surface area contributed by atoms with Gasteiger partial charge < -0.3 is 14.6 Å². The quantitative estimate of drug-likeness (QED) is 0.871. The van der Waals surface area contributed by atoms with Gasteiger partial charge in [0.25, 0.3) is 11.7 Å². The van der Waals surface area contributed by atoms with Gasteiger partial charge >= 0.3 is 0 Å². The third-order valence-corrected chi connectivity index (χ3v) is 3.17. The Labute approximate surface area is 114 Å². The Bertz CT molecular complexity index is 695. The highest BCUT2D eigenvalue weighted by atomic mass is 19.1. The summed E-state index contributed by atoms with van der Waals surface area (Å²) in [6.07, 6.45) is 1.54. The van der Waals surface area contributed by atoms with Crippen LogP contribution in [0.25, 0.3) is 0 Å². The fourth-order valence-corrected chi connectivity index (χ4v) is 2.17. The van der Waals surface area contributed by atoms with Crippen LogP contribution >= 0.6 is 0 Å². The summed E-state index contributed by atoms with van der Waals surface area (Å²) in [5.74, 6) is -1.31. The number of nitrogens with one attached hydrogen (secondary N) is 1. The molecule has 0 fully saturated rings. The summed E-state index contributed by atoms with van der Waals surface area (Å²) in [5.41, 5.74) is 0.695. The van der Waals surface area contributed by atoms with Crippen molar-refractivity contribution in [2.75, 3.05) is 17.3 Å². The minimum Gasteiger partial charge on any atom is -0.467 e. The maximum atomic E-state index is 14.1. The third kappa shape index (κ3) is 1.95. The lowest BCUT2D eigenvalue weighted by molar-refractivity contribution is -0.112. The Morgan fingerprint density at radius 3 is 2.85 bits per heavy atom. The van der Waals surface area contributed by atoms with E-state index in [-0.39, 0.29) is 11.3 Å². The second-order valence-corrected chi connectivity index (χ2v) is 4.57. The first-order chi connectivity index (χ1) is 9.56. The van der Waals surface area contributed by atoms with Gasteiger partial charge in [0.1, 0.15) is 11.6 Å². The van der Waals surface area contributed by atoms with Crippen molar-refractivity contribution in [2.45, 2.75) is 6.54 Å². The molecule has 1 amide bonds. The number of rotatable bonds is 3. The minimum atomic E-state index is -0.731. The Balaban J connectivity index is 1.93. The summed E-state index contributed by atoms with van der Waals surface area (Å²) in [6.45, 7) is 0.380. The van der Waals surface area contributed by atoms with Gasteiger partial charge in [0.15, 0.2) is 0 Å². The molecule has 6 heteroatoms. The number of hydrogen-bond donors (Lipinski definition) is 1. The molecular weight excluding hydrogens is 263 g/mol. The number of fused-ring (bicyclic) bond motifs is 1. The number of anilines is 2. The van der Waals surface area contributed by atoms with E-state index >= 15 is 0 Å². The molecule has 3 rings (SSSR count). The predicted octanol–water partition coefficient (Wildman–Crippen LogP) is 2.19. The lowest BCUT2D eigenvalue weighted by atomic mass is 10.1. The summed E-state index contributed by atoms with van der Waals surface area (Å²) in [7, 11) is 1.70. The highest BCUT2D eigenvalue weighted by molar-refractivity contribution is 6.51. The van der Waals surface area contributed by atoms with Crippen LogP contribution in [0.15, 0.2) is 34.9 Å². The third-order valence-electron chi connectivity index (χ3n) is 3.17. The molecule has 0 unspecified atom stereocenters. The molecule has 1 aromatic carbocycles. The number of hydrogen-bond acceptors (Lipinski definition) is 4. The molecule has 5 nitrogen and oxygen atoms in total. The van der Waals surface area contributed by atoms with Gasteiger partial charge in [-0.25, -0.2) is 4.39 Å². The zero-order chi connectivity index (χ0) is 14.3. The molecule has 0 saturated heterocycles. The molecule has 1 aliphatic rings. The van der Waals surface area contributed by atoms with Gasteiger partial charge in [-0.15, -0.1) is 0 Å². The molecule has 0 bridgehead atoms. The molecule has 2 aromatic rings. The minimum absolute atomic E-state index is 0.0719. The van der Waals surface area contributed by atoms with Gasteiger partial charge in [0, 0.05) is 7.05 Å².